The monoisotopic (exact) mass is 208 g/mol. The van der Waals surface area contributed by atoms with Gasteiger partial charge in [-0.1, -0.05) is 19.9 Å². The molecule has 0 fully saturated rings. The second kappa shape index (κ2) is 4.77. The van der Waals surface area contributed by atoms with E-state index in [1.807, 2.05) is 6.07 Å². The number of anilines is 1. The minimum Gasteiger partial charge on any atom is -0.383 e. The Balaban J connectivity index is 3.16. The molecule has 1 atom stereocenters. The number of nitrogens with one attached hydrogen (secondary N) is 1. The summed E-state index contributed by atoms with van der Waals surface area (Å²) in [5.74, 6) is 0.356. The Kier molecular flexibility index (Phi) is 3.66. The first kappa shape index (κ1) is 11.5. The summed E-state index contributed by atoms with van der Waals surface area (Å²) in [6.07, 6.45) is 0.982. The Morgan fingerprint density at radius 2 is 2.20 bits per heavy atom. The van der Waals surface area contributed by atoms with Crippen LogP contribution in [0.2, 0.25) is 0 Å². The normalized spacial score (nSPS) is 12.2. The highest BCUT2D eigenvalue weighted by molar-refractivity contribution is 5.62. The van der Waals surface area contributed by atoms with Gasteiger partial charge in [0.1, 0.15) is 5.69 Å². The van der Waals surface area contributed by atoms with Crippen LogP contribution >= 0.6 is 0 Å². The molecule has 0 aliphatic rings. The fourth-order valence-electron chi connectivity index (χ4n) is 1.45. The van der Waals surface area contributed by atoms with Gasteiger partial charge in [-0.3, -0.25) is 10.1 Å². The lowest BCUT2D eigenvalue weighted by atomic mass is 9.98. The van der Waals surface area contributed by atoms with E-state index in [0.29, 0.717) is 11.6 Å². The number of benzene rings is 1. The number of nitro groups is 1. The molecular formula is C11H16N2O2. The Bertz CT molecular complexity index is 364. The Hall–Kier alpha value is -1.58. The van der Waals surface area contributed by atoms with Crippen LogP contribution in [0.4, 0.5) is 11.4 Å². The van der Waals surface area contributed by atoms with Crippen LogP contribution in [-0.2, 0) is 0 Å². The molecule has 1 aromatic carbocycles. The van der Waals surface area contributed by atoms with Crippen LogP contribution in [0.1, 0.15) is 31.7 Å². The smallest absolute Gasteiger partial charge is 0.292 e. The first-order valence-corrected chi connectivity index (χ1v) is 5.06. The van der Waals surface area contributed by atoms with Gasteiger partial charge in [0, 0.05) is 13.1 Å². The molecule has 4 heteroatoms. The van der Waals surface area contributed by atoms with Crippen molar-refractivity contribution in [2.75, 3.05) is 12.4 Å². The molecule has 1 aromatic rings. The summed E-state index contributed by atoms with van der Waals surface area (Å²) in [6, 6.07) is 5.35. The number of hydrogen-bond acceptors (Lipinski definition) is 3. The molecule has 0 spiro atoms. The van der Waals surface area contributed by atoms with Gasteiger partial charge >= 0.3 is 0 Å². The van der Waals surface area contributed by atoms with E-state index in [2.05, 4.69) is 19.2 Å². The maximum absolute atomic E-state index is 10.8. The molecule has 1 unspecified atom stereocenters. The quantitative estimate of drug-likeness (QED) is 0.610. The number of nitrogens with zero attached hydrogens (tertiary/aromatic N) is 1. The Labute approximate surface area is 89.5 Å². The van der Waals surface area contributed by atoms with Gasteiger partial charge in [0.05, 0.1) is 4.92 Å². The van der Waals surface area contributed by atoms with Crippen molar-refractivity contribution in [3.05, 3.63) is 33.9 Å². The summed E-state index contributed by atoms with van der Waals surface area (Å²) in [5, 5.41) is 13.6. The highest BCUT2D eigenvalue weighted by Gasteiger charge is 2.15. The highest BCUT2D eigenvalue weighted by atomic mass is 16.6. The molecular weight excluding hydrogens is 192 g/mol. The highest BCUT2D eigenvalue weighted by Crippen LogP contribution is 2.29. The Morgan fingerprint density at radius 3 is 2.67 bits per heavy atom. The minimum atomic E-state index is -0.349. The van der Waals surface area contributed by atoms with Crippen molar-refractivity contribution < 1.29 is 4.92 Å². The van der Waals surface area contributed by atoms with Crippen LogP contribution in [0.25, 0.3) is 0 Å². The summed E-state index contributed by atoms with van der Waals surface area (Å²) in [4.78, 5) is 10.5. The fourth-order valence-corrected chi connectivity index (χ4v) is 1.45. The largest absolute Gasteiger partial charge is 0.383 e. The van der Waals surface area contributed by atoms with Gasteiger partial charge in [0.25, 0.3) is 5.69 Å². The molecule has 0 aliphatic carbocycles. The van der Waals surface area contributed by atoms with Crippen molar-refractivity contribution in [3.8, 4) is 0 Å². The van der Waals surface area contributed by atoms with E-state index in [4.69, 9.17) is 0 Å². The van der Waals surface area contributed by atoms with Crippen molar-refractivity contribution in [1.29, 1.82) is 0 Å². The second-order valence-corrected chi connectivity index (χ2v) is 3.59. The van der Waals surface area contributed by atoms with Crippen LogP contribution in [0.5, 0.6) is 0 Å². The van der Waals surface area contributed by atoms with Gasteiger partial charge in [-0.25, -0.2) is 0 Å². The van der Waals surface area contributed by atoms with Crippen LogP contribution in [0.15, 0.2) is 18.2 Å². The molecule has 15 heavy (non-hydrogen) atoms. The molecule has 0 aliphatic heterocycles. The van der Waals surface area contributed by atoms with Gasteiger partial charge < -0.3 is 5.32 Å². The molecule has 0 radical (unpaired) electrons. The lowest BCUT2D eigenvalue weighted by Crippen LogP contribution is -1.99. The lowest BCUT2D eigenvalue weighted by Gasteiger charge is -2.10. The molecule has 0 saturated carbocycles. The standard InChI is InChI=1S/C11H16N2O2/c1-4-8(2)9-5-6-10(12-3)11(7-9)13(14)15/h5-8,12H,4H2,1-3H3. The Morgan fingerprint density at radius 1 is 1.53 bits per heavy atom. The average molecular weight is 208 g/mol. The van der Waals surface area contributed by atoms with Crippen molar-refractivity contribution in [2.24, 2.45) is 0 Å². The molecule has 0 aromatic heterocycles. The molecule has 0 heterocycles. The van der Waals surface area contributed by atoms with Crippen LogP contribution in [0.3, 0.4) is 0 Å². The third-order valence-corrected chi connectivity index (χ3v) is 2.67. The number of rotatable bonds is 4. The zero-order chi connectivity index (χ0) is 11.4. The van der Waals surface area contributed by atoms with Gasteiger partial charge in [-0.15, -0.1) is 0 Å². The predicted molar refractivity (Wildman–Crippen MR) is 61.3 cm³/mol. The number of hydrogen-bond donors (Lipinski definition) is 1. The summed E-state index contributed by atoms with van der Waals surface area (Å²) in [6.45, 7) is 4.14. The SMILES string of the molecule is CCC(C)c1ccc(NC)c([N+](=O)[O-])c1. The van der Waals surface area contributed by atoms with E-state index >= 15 is 0 Å². The van der Waals surface area contributed by atoms with E-state index in [-0.39, 0.29) is 10.6 Å². The molecule has 0 saturated heterocycles. The van der Waals surface area contributed by atoms with Crippen LogP contribution in [-0.4, -0.2) is 12.0 Å². The summed E-state index contributed by atoms with van der Waals surface area (Å²) in [5.41, 5.74) is 1.73. The van der Waals surface area contributed by atoms with E-state index in [1.54, 1.807) is 19.2 Å². The minimum absolute atomic E-state index is 0.148. The maximum Gasteiger partial charge on any atom is 0.292 e. The maximum atomic E-state index is 10.8. The summed E-state index contributed by atoms with van der Waals surface area (Å²) in [7, 11) is 1.69. The third kappa shape index (κ3) is 2.46. The van der Waals surface area contributed by atoms with Crippen molar-refractivity contribution in [1.82, 2.24) is 0 Å². The molecule has 0 amide bonds. The average Bonchev–Trinajstić information content (AvgIpc) is 2.27. The molecule has 0 bridgehead atoms. The van der Waals surface area contributed by atoms with Crippen LogP contribution < -0.4 is 5.32 Å². The summed E-state index contributed by atoms with van der Waals surface area (Å²) >= 11 is 0. The van der Waals surface area contributed by atoms with Crippen molar-refractivity contribution in [2.45, 2.75) is 26.2 Å². The molecule has 82 valence electrons. The van der Waals surface area contributed by atoms with Crippen molar-refractivity contribution >= 4 is 11.4 Å². The van der Waals surface area contributed by atoms with Gasteiger partial charge in [0.2, 0.25) is 0 Å². The van der Waals surface area contributed by atoms with E-state index in [9.17, 15) is 10.1 Å². The molecule has 4 nitrogen and oxygen atoms in total. The van der Waals surface area contributed by atoms with Crippen molar-refractivity contribution in [3.63, 3.8) is 0 Å². The van der Waals surface area contributed by atoms with Gasteiger partial charge in [-0.2, -0.15) is 0 Å². The predicted octanol–water partition coefficient (Wildman–Crippen LogP) is 3.15. The zero-order valence-corrected chi connectivity index (χ0v) is 9.28. The van der Waals surface area contributed by atoms with E-state index in [0.717, 1.165) is 12.0 Å². The second-order valence-electron chi connectivity index (χ2n) is 3.59. The third-order valence-electron chi connectivity index (χ3n) is 2.67. The topological polar surface area (TPSA) is 55.2 Å². The number of nitro benzene ring substituents is 1. The van der Waals surface area contributed by atoms with E-state index < -0.39 is 0 Å². The zero-order valence-electron chi connectivity index (χ0n) is 9.28. The van der Waals surface area contributed by atoms with Crippen LogP contribution in [0, 0.1) is 10.1 Å². The molecule has 1 rings (SSSR count). The van der Waals surface area contributed by atoms with E-state index in [1.165, 1.54) is 0 Å². The summed E-state index contributed by atoms with van der Waals surface area (Å²) < 4.78 is 0. The van der Waals surface area contributed by atoms with Gasteiger partial charge in [-0.05, 0) is 24.0 Å². The van der Waals surface area contributed by atoms with Gasteiger partial charge in [0.15, 0.2) is 0 Å². The molecule has 1 N–H and O–H groups in total. The fraction of sp³-hybridized carbons (Fsp3) is 0.455. The first-order valence-electron chi connectivity index (χ1n) is 5.06. The first-order chi connectivity index (χ1) is 7.10. The lowest BCUT2D eigenvalue weighted by molar-refractivity contribution is -0.384.